The maximum absolute atomic E-state index is 13.1. The van der Waals surface area contributed by atoms with Crippen molar-refractivity contribution in [2.45, 2.75) is 44.9 Å². The Balaban J connectivity index is 0.000000159. The summed E-state index contributed by atoms with van der Waals surface area (Å²) in [6.07, 6.45) is 5.26. The number of aromatic hydroxyl groups is 3. The van der Waals surface area contributed by atoms with Crippen LogP contribution >= 0.6 is 0 Å². The maximum Gasteiger partial charge on any atom is 0.280 e. The molecular formula is C74H74N10O9. The number of benzene rings is 6. The van der Waals surface area contributed by atoms with Crippen LogP contribution in [-0.4, -0.2) is 166 Å². The highest BCUT2D eigenvalue weighted by molar-refractivity contribution is 6.32. The molecule has 0 atom stereocenters. The highest BCUT2D eigenvalue weighted by atomic mass is 16.3. The molecule has 93 heavy (non-hydrogen) atoms. The van der Waals surface area contributed by atoms with Crippen LogP contribution in [0.2, 0.25) is 0 Å². The summed E-state index contributed by atoms with van der Waals surface area (Å²) in [5.74, 6) is -1.64. The first-order chi connectivity index (χ1) is 44.9. The summed E-state index contributed by atoms with van der Waals surface area (Å²) in [4.78, 5) is 104. The lowest BCUT2D eigenvalue weighted by Crippen LogP contribution is -2.27. The van der Waals surface area contributed by atoms with E-state index in [0.717, 1.165) is 68.4 Å². The molecule has 4 amide bonds. The summed E-state index contributed by atoms with van der Waals surface area (Å²) in [7, 11) is 12.0. The van der Waals surface area contributed by atoms with E-state index in [1.54, 1.807) is 66.7 Å². The number of aliphatic imine (C=N–C) groups is 3. The number of amides is 4. The minimum Gasteiger partial charge on any atom is -0.494 e. The van der Waals surface area contributed by atoms with E-state index in [4.69, 9.17) is 0 Å². The first kappa shape index (κ1) is 65.2. The van der Waals surface area contributed by atoms with Crippen molar-refractivity contribution in [1.82, 2.24) is 35.0 Å². The van der Waals surface area contributed by atoms with E-state index in [2.05, 4.69) is 49.9 Å². The number of carbonyl (C=O) groups is 6. The zero-order chi connectivity index (χ0) is 65.9. The molecule has 3 aromatic heterocycles. The lowest BCUT2D eigenvalue weighted by Gasteiger charge is -2.10. The third-order valence-corrected chi connectivity index (χ3v) is 16.0. The molecule has 0 unspecified atom stereocenters. The van der Waals surface area contributed by atoms with Crippen molar-refractivity contribution >= 4 is 52.3 Å². The number of Topliss-reactive ketones (excluding diaryl/α,β-unsaturated/α-hetero) is 2. The fraction of sp³-hybridized carbons (Fsp3) is 0.230. The van der Waals surface area contributed by atoms with Crippen LogP contribution in [0.25, 0.3) is 33.8 Å². The molecule has 0 bridgehead atoms. The normalized spacial score (nSPS) is 12.8. The number of hydrogen-bond donors (Lipinski definition) is 7. The molecule has 0 saturated carbocycles. The lowest BCUT2D eigenvalue weighted by atomic mass is 9.97. The first-order valence-corrected chi connectivity index (χ1v) is 30.9. The van der Waals surface area contributed by atoms with Gasteiger partial charge in [0.15, 0.2) is 29.2 Å². The molecule has 0 spiro atoms. The number of unbranched alkanes of at least 4 members (excludes halogenated alkanes) is 2. The van der Waals surface area contributed by atoms with Gasteiger partial charge in [0.1, 0.15) is 0 Å². The van der Waals surface area contributed by atoms with Crippen molar-refractivity contribution in [3.8, 4) is 51.4 Å². The van der Waals surface area contributed by atoms with E-state index in [0.29, 0.717) is 115 Å². The van der Waals surface area contributed by atoms with Gasteiger partial charge in [-0.05, 0) is 135 Å². The van der Waals surface area contributed by atoms with Crippen LogP contribution in [0, 0.1) is 0 Å². The van der Waals surface area contributed by atoms with Gasteiger partial charge >= 0.3 is 0 Å². The summed E-state index contributed by atoms with van der Waals surface area (Å²) in [5.41, 5.74) is 10.8. The molecule has 12 rings (SSSR count). The molecule has 7 N–H and O–H groups in total. The third-order valence-electron chi connectivity index (χ3n) is 16.0. The molecule has 9 aromatic rings. The van der Waals surface area contributed by atoms with Gasteiger partial charge in [0, 0.05) is 52.8 Å². The van der Waals surface area contributed by atoms with Gasteiger partial charge in [-0.3, -0.25) is 28.8 Å². The van der Waals surface area contributed by atoms with Gasteiger partial charge in [-0.2, -0.15) is 0 Å². The zero-order valence-electron chi connectivity index (χ0n) is 52.8. The number of aromatic nitrogens is 3. The first-order valence-electron chi connectivity index (χ1n) is 30.9. The summed E-state index contributed by atoms with van der Waals surface area (Å²) in [5, 5.41) is 34.6. The number of aromatic amines is 3. The van der Waals surface area contributed by atoms with Crippen molar-refractivity contribution in [2.24, 2.45) is 15.0 Å². The van der Waals surface area contributed by atoms with Crippen LogP contribution in [0.3, 0.4) is 0 Å². The molecule has 6 heterocycles. The Morgan fingerprint density at radius 2 is 0.699 bits per heavy atom. The topological polar surface area (TPSA) is 269 Å². The Morgan fingerprint density at radius 3 is 1.11 bits per heavy atom. The van der Waals surface area contributed by atoms with Crippen LogP contribution in [0.4, 0.5) is 0 Å². The Labute approximate surface area is 539 Å². The number of fused-ring (bicyclic) bond motifs is 3. The predicted molar refractivity (Wildman–Crippen MR) is 362 cm³/mol. The van der Waals surface area contributed by atoms with Crippen LogP contribution < -0.4 is 5.32 Å². The molecule has 6 aromatic carbocycles. The molecular weight excluding hydrogens is 1170 g/mol. The number of H-pyrrole nitrogens is 3. The highest BCUT2D eigenvalue weighted by Gasteiger charge is 2.36. The summed E-state index contributed by atoms with van der Waals surface area (Å²) < 4.78 is 0. The van der Waals surface area contributed by atoms with E-state index in [1.165, 1.54) is 0 Å². The molecule has 3 aliphatic heterocycles. The molecule has 0 aliphatic carbocycles. The van der Waals surface area contributed by atoms with Gasteiger partial charge in [-0.25, -0.2) is 15.0 Å². The second-order valence-electron chi connectivity index (χ2n) is 23.7. The fourth-order valence-electron chi connectivity index (χ4n) is 11.4. The minimum atomic E-state index is -0.490. The molecule has 3 aliphatic rings. The van der Waals surface area contributed by atoms with Gasteiger partial charge in [0.05, 0.1) is 67.6 Å². The van der Waals surface area contributed by atoms with Crippen molar-refractivity contribution in [3.05, 3.63) is 231 Å². The van der Waals surface area contributed by atoms with Crippen LogP contribution in [0.1, 0.15) is 140 Å². The largest absolute Gasteiger partial charge is 0.494 e. The number of nitrogens with zero attached hydrogens (tertiary/aromatic N) is 6. The lowest BCUT2D eigenvalue weighted by molar-refractivity contribution is 0.0948. The summed E-state index contributed by atoms with van der Waals surface area (Å²) >= 11 is 0. The quantitative estimate of drug-likeness (QED) is 0.0233. The van der Waals surface area contributed by atoms with Crippen molar-refractivity contribution in [1.29, 1.82) is 0 Å². The number of nitrogens with one attached hydrogen (secondary N) is 4. The van der Waals surface area contributed by atoms with E-state index in [9.17, 15) is 44.1 Å². The van der Waals surface area contributed by atoms with Crippen LogP contribution in [0.15, 0.2) is 179 Å². The monoisotopic (exact) mass is 1250 g/mol. The van der Waals surface area contributed by atoms with E-state index in [-0.39, 0.29) is 46.6 Å². The Kier molecular flexibility index (Phi) is 20.7. The maximum atomic E-state index is 13.1. The molecule has 19 heteroatoms. The van der Waals surface area contributed by atoms with Gasteiger partial charge < -0.3 is 50.3 Å². The van der Waals surface area contributed by atoms with E-state index >= 15 is 0 Å². The smallest absolute Gasteiger partial charge is 0.280 e. The predicted octanol–water partition coefficient (Wildman–Crippen LogP) is 11.6. The van der Waals surface area contributed by atoms with Gasteiger partial charge in [-0.1, -0.05) is 140 Å². The SMILES string of the molecule is CN(C)CCCCC(=O)c1cccc(-c2[nH]c(O)c3c2C(=O)N=C3c2ccccc2)c1.CN(C)CCCCC(=O)c1cccc(C2=NC(=O)c3c(-c4cccc(C(=O)NCCCN(C)C)c4)[nH]c(O)c32)c1.O=C1N=C(c2ccccc2)c2c(O)[nH]c(-c3ccccc3)c21. The third kappa shape index (κ3) is 15.0. The van der Waals surface area contributed by atoms with Gasteiger partial charge in [-0.15, -0.1) is 0 Å². The molecule has 19 nitrogen and oxygen atoms in total. The number of hydrogen-bond acceptors (Lipinski definition) is 12. The number of ketones is 2. The second kappa shape index (κ2) is 29.5. The average molecular weight is 1250 g/mol. The second-order valence-corrected chi connectivity index (χ2v) is 23.7. The van der Waals surface area contributed by atoms with Crippen molar-refractivity contribution in [3.63, 3.8) is 0 Å². The standard InChI is InChI=1S/C31H37N5O4.C25H25N3O3.C18H12N2O2/c1-35(2)16-6-5-14-24(37)20-10-7-11-21(18-20)27-25-26(31(40)33-27)28(34-30(25)39)22-12-8-13-23(19-22)29(38)32-15-9-17-36(3)4;1-28(2)14-7-6-13-19(29)17-11-8-12-18(15-17)23-21-20(24(30)27-23)22(26-25(21)31)16-9-4-3-5-10-16;21-17-13-14(16(20-17)12-9-5-2-6-10-12)18(22)19-15(13)11-7-3-1-4-8-11/h7-8,10-13,18-19,34,39H,5-6,9,14-17H2,1-4H3,(H,32,38);3-5,8-12,15,27,30H,6-7,13-14H2,1-2H3;1-10,19,22H. The molecule has 0 radical (unpaired) electrons. The Morgan fingerprint density at radius 1 is 0.376 bits per heavy atom. The Bertz CT molecular complexity index is 4360. The highest BCUT2D eigenvalue weighted by Crippen LogP contribution is 2.41. The van der Waals surface area contributed by atoms with Crippen LogP contribution in [0.5, 0.6) is 17.6 Å². The van der Waals surface area contributed by atoms with Crippen LogP contribution in [-0.2, 0) is 0 Å². The van der Waals surface area contributed by atoms with E-state index < -0.39 is 11.8 Å². The summed E-state index contributed by atoms with van der Waals surface area (Å²) in [6.45, 7) is 3.29. The zero-order valence-corrected chi connectivity index (χ0v) is 52.8. The molecule has 474 valence electrons. The van der Waals surface area contributed by atoms with Gasteiger partial charge in [0.25, 0.3) is 23.6 Å². The summed E-state index contributed by atoms with van der Waals surface area (Å²) in [6, 6.07) is 49.3. The average Bonchev–Trinajstić information content (AvgIpc) is 1.62. The van der Waals surface area contributed by atoms with Crippen molar-refractivity contribution in [2.75, 3.05) is 68.5 Å². The minimum absolute atomic E-state index is 0.0256. The fourth-order valence-corrected chi connectivity index (χ4v) is 11.4. The van der Waals surface area contributed by atoms with Crippen molar-refractivity contribution < 1.29 is 44.1 Å². The van der Waals surface area contributed by atoms with Gasteiger partial charge in [0.2, 0.25) is 0 Å². The Hall–Kier alpha value is -10.7. The molecule has 0 saturated heterocycles. The number of carbonyl (C=O) groups excluding carboxylic acids is 6. The number of rotatable bonds is 23. The van der Waals surface area contributed by atoms with E-state index in [1.807, 2.05) is 139 Å². The molecule has 0 fully saturated rings.